The summed E-state index contributed by atoms with van der Waals surface area (Å²) in [6.07, 6.45) is 10.8. The first-order valence-electron chi connectivity index (χ1n) is 9.65. The van der Waals surface area contributed by atoms with E-state index in [1.807, 2.05) is 12.1 Å². The SMILES string of the molecule is COc1ccc2c(c1)C(c1ccc(C)cc1)C(C1=CC=CC(C)(S)C=C1)CO2. The van der Waals surface area contributed by atoms with Crippen molar-refractivity contribution in [1.29, 1.82) is 0 Å². The number of ether oxygens (including phenoxy) is 2. The van der Waals surface area contributed by atoms with Crippen molar-refractivity contribution in [3.63, 3.8) is 0 Å². The molecule has 28 heavy (non-hydrogen) atoms. The molecule has 2 aromatic carbocycles. The van der Waals surface area contributed by atoms with E-state index in [1.54, 1.807) is 7.11 Å². The molecule has 0 aromatic heterocycles. The third-order valence-electron chi connectivity index (χ3n) is 5.57. The van der Waals surface area contributed by atoms with Crippen LogP contribution in [0.15, 0.2) is 78.4 Å². The molecule has 0 fully saturated rings. The molecule has 1 heterocycles. The van der Waals surface area contributed by atoms with Crippen LogP contribution in [0.2, 0.25) is 0 Å². The van der Waals surface area contributed by atoms with E-state index in [0.29, 0.717) is 6.61 Å². The molecular weight excluding hydrogens is 364 g/mol. The van der Waals surface area contributed by atoms with Crippen LogP contribution < -0.4 is 9.47 Å². The van der Waals surface area contributed by atoms with Crippen LogP contribution >= 0.6 is 12.6 Å². The summed E-state index contributed by atoms with van der Waals surface area (Å²) in [6, 6.07) is 14.9. The fourth-order valence-electron chi connectivity index (χ4n) is 3.97. The zero-order chi connectivity index (χ0) is 19.7. The van der Waals surface area contributed by atoms with E-state index >= 15 is 0 Å². The lowest BCUT2D eigenvalue weighted by Gasteiger charge is -2.35. The quantitative estimate of drug-likeness (QED) is 0.659. The molecular formula is C25H26O2S. The van der Waals surface area contributed by atoms with Crippen molar-refractivity contribution in [1.82, 2.24) is 0 Å². The van der Waals surface area contributed by atoms with Crippen molar-refractivity contribution in [2.45, 2.75) is 24.5 Å². The molecule has 2 nitrogen and oxygen atoms in total. The Hall–Kier alpha value is -2.39. The minimum Gasteiger partial charge on any atom is -0.497 e. The third kappa shape index (κ3) is 3.77. The Labute approximate surface area is 173 Å². The van der Waals surface area contributed by atoms with Gasteiger partial charge in [-0.15, -0.1) is 0 Å². The molecule has 0 N–H and O–H groups in total. The summed E-state index contributed by atoms with van der Waals surface area (Å²) in [5.74, 6) is 2.21. The van der Waals surface area contributed by atoms with E-state index in [2.05, 4.69) is 74.6 Å². The van der Waals surface area contributed by atoms with E-state index in [9.17, 15) is 0 Å². The number of thiol groups is 1. The number of fused-ring (bicyclic) bond motifs is 1. The van der Waals surface area contributed by atoms with Crippen molar-refractivity contribution in [2.75, 3.05) is 13.7 Å². The van der Waals surface area contributed by atoms with Gasteiger partial charge in [-0.2, -0.15) is 12.6 Å². The van der Waals surface area contributed by atoms with Gasteiger partial charge in [-0.05, 0) is 43.2 Å². The van der Waals surface area contributed by atoms with Gasteiger partial charge in [-0.1, -0.05) is 60.2 Å². The van der Waals surface area contributed by atoms with Crippen molar-refractivity contribution in [3.05, 3.63) is 95.1 Å². The standard InChI is InChI=1S/C25H26O2S/c1-17-6-8-19(9-7-17)24-21-15-20(26-3)10-11-23(21)27-16-22(24)18-5-4-13-25(2,28)14-12-18/h4-15,22,24,28H,16H2,1-3H3. The lowest BCUT2D eigenvalue weighted by atomic mass is 9.75. The second-order valence-corrected chi connectivity index (χ2v) is 8.76. The highest BCUT2D eigenvalue weighted by molar-refractivity contribution is 7.82. The monoisotopic (exact) mass is 390 g/mol. The molecule has 0 amide bonds. The Morgan fingerprint density at radius 1 is 1.11 bits per heavy atom. The molecule has 3 atom stereocenters. The van der Waals surface area contributed by atoms with Crippen LogP contribution in [-0.2, 0) is 0 Å². The van der Waals surface area contributed by atoms with Crippen molar-refractivity contribution in [3.8, 4) is 11.5 Å². The summed E-state index contributed by atoms with van der Waals surface area (Å²) in [5.41, 5.74) is 4.99. The first-order chi connectivity index (χ1) is 13.5. The first kappa shape index (κ1) is 18.9. The summed E-state index contributed by atoms with van der Waals surface area (Å²) in [6.45, 7) is 4.86. The van der Waals surface area contributed by atoms with Crippen LogP contribution in [0, 0.1) is 12.8 Å². The maximum absolute atomic E-state index is 6.18. The number of aryl methyl sites for hydroxylation is 1. The molecule has 3 unspecified atom stereocenters. The van der Waals surface area contributed by atoms with Crippen LogP contribution in [0.25, 0.3) is 0 Å². The van der Waals surface area contributed by atoms with Gasteiger partial charge in [0.25, 0.3) is 0 Å². The van der Waals surface area contributed by atoms with Gasteiger partial charge in [0, 0.05) is 22.1 Å². The minimum atomic E-state index is -0.242. The van der Waals surface area contributed by atoms with Gasteiger partial charge in [0.1, 0.15) is 11.5 Å². The fourth-order valence-corrected chi connectivity index (χ4v) is 4.13. The highest BCUT2D eigenvalue weighted by atomic mass is 32.1. The van der Waals surface area contributed by atoms with Gasteiger partial charge in [0.15, 0.2) is 0 Å². The average Bonchev–Trinajstić information content (AvgIpc) is 2.88. The van der Waals surface area contributed by atoms with Gasteiger partial charge in [-0.25, -0.2) is 0 Å². The largest absolute Gasteiger partial charge is 0.497 e. The van der Waals surface area contributed by atoms with Crippen LogP contribution in [0.4, 0.5) is 0 Å². The number of hydrogen-bond acceptors (Lipinski definition) is 3. The highest BCUT2D eigenvalue weighted by Crippen LogP contribution is 2.46. The summed E-state index contributed by atoms with van der Waals surface area (Å²) in [4.78, 5) is 0. The second-order valence-electron chi connectivity index (χ2n) is 7.79. The van der Waals surface area contributed by atoms with Crippen LogP contribution in [-0.4, -0.2) is 18.5 Å². The van der Waals surface area contributed by atoms with E-state index in [0.717, 1.165) is 11.5 Å². The molecule has 0 saturated carbocycles. The molecule has 2 aromatic rings. The molecule has 0 bridgehead atoms. The number of benzene rings is 2. The Morgan fingerprint density at radius 3 is 2.64 bits per heavy atom. The maximum Gasteiger partial charge on any atom is 0.123 e. The Balaban J connectivity index is 1.82. The molecule has 0 spiro atoms. The van der Waals surface area contributed by atoms with Gasteiger partial charge >= 0.3 is 0 Å². The Bertz CT molecular complexity index is 951. The molecule has 3 heteroatoms. The summed E-state index contributed by atoms with van der Waals surface area (Å²) >= 11 is 4.71. The minimum absolute atomic E-state index is 0.202. The molecule has 0 radical (unpaired) electrons. The fraction of sp³-hybridized carbons (Fsp3) is 0.280. The predicted octanol–water partition coefficient (Wildman–Crippen LogP) is 5.89. The summed E-state index contributed by atoms with van der Waals surface area (Å²) < 4.78 is 11.4. The van der Waals surface area contributed by atoms with Gasteiger partial charge in [0.05, 0.1) is 13.7 Å². The van der Waals surface area contributed by atoms with Crippen molar-refractivity contribution in [2.24, 2.45) is 5.92 Å². The number of rotatable bonds is 3. The topological polar surface area (TPSA) is 18.5 Å². The van der Waals surface area contributed by atoms with Crippen LogP contribution in [0.3, 0.4) is 0 Å². The van der Waals surface area contributed by atoms with Crippen molar-refractivity contribution >= 4 is 12.6 Å². The van der Waals surface area contributed by atoms with Crippen LogP contribution in [0.5, 0.6) is 11.5 Å². The van der Waals surface area contributed by atoms with E-state index in [4.69, 9.17) is 22.1 Å². The molecule has 1 aliphatic heterocycles. The second kappa shape index (κ2) is 7.56. The molecule has 2 aliphatic rings. The first-order valence-corrected chi connectivity index (χ1v) is 10.1. The van der Waals surface area contributed by atoms with Crippen molar-refractivity contribution < 1.29 is 9.47 Å². The van der Waals surface area contributed by atoms with E-state index < -0.39 is 0 Å². The number of methoxy groups -OCH3 is 1. The summed E-state index contributed by atoms with van der Waals surface area (Å²) in [7, 11) is 1.71. The molecule has 1 aliphatic carbocycles. The normalized spacial score (nSPS) is 26.1. The number of hydrogen-bond donors (Lipinski definition) is 1. The van der Waals surface area contributed by atoms with Gasteiger partial charge in [-0.3, -0.25) is 0 Å². The Morgan fingerprint density at radius 2 is 1.89 bits per heavy atom. The average molecular weight is 391 g/mol. The van der Waals surface area contributed by atoms with Crippen LogP contribution in [0.1, 0.15) is 29.5 Å². The zero-order valence-corrected chi connectivity index (χ0v) is 17.4. The number of allylic oxidation sites excluding steroid dienone is 3. The lowest BCUT2D eigenvalue weighted by molar-refractivity contribution is 0.229. The zero-order valence-electron chi connectivity index (χ0n) is 16.6. The molecule has 4 rings (SSSR count). The smallest absolute Gasteiger partial charge is 0.123 e. The van der Waals surface area contributed by atoms with E-state index in [1.165, 1.54) is 22.3 Å². The highest BCUT2D eigenvalue weighted by Gasteiger charge is 2.34. The predicted molar refractivity (Wildman–Crippen MR) is 119 cm³/mol. The molecule has 144 valence electrons. The van der Waals surface area contributed by atoms with Gasteiger partial charge < -0.3 is 9.47 Å². The van der Waals surface area contributed by atoms with E-state index in [-0.39, 0.29) is 16.6 Å². The maximum atomic E-state index is 6.18. The van der Waals surface area contributed by atoms with Gasteiger partial charge in [0.2, 0.25) is 0 Å². The summed E-state index contributed by atoms with van der Waals surface area (Å²) in [5, 5.41) is 0. The third-order valence-corrected chi connectivity index (χ3v) is 5.87. The lowest BCUT2D eigenvalue weighted by Crippen LogP contribution is -2.28. The molecule has 0 saturated heterocycles. The Kier molecular flexibility index (Phi) is 5.11.